The van der Waals surface area contributed by atoms with Crippen LogP contribution in [0.25, 0.3) is 0 Å². The van der Waals surface area contributed by atoms with Crippen LogP contribution >= 0.6 is 0 Å². The molecule has 28 heavy (non-hydrogen) atoms. The van der Waals surface area contributed by atoms with E-state index >= 15 is 0 Å². The predicted molar refractivity (Wildman–Crippen MR) is 111 cm³/mol. The Bertz CT molecular complexity index is 312. The van der Waals surface area contributed by atoms with Gasteiger partial charge in [-0.15, -0.1) is 0 Å². The summed E-state index contributed by atoms with van der Waals surface area (Å²) in [5.74, 6) is 0.156. The third-order valence-electron chi connectivity index (χ3n) is 3.77. The number of hydrogen-bond acceptors (Lipinski definition) is 5. The van der Waals surface area contributed by atoms with Crippen LogP contribution in [0.1, 0.15) is 91.9 Å². The monoisotopic (exact) mass is 408 g/mol. The fourth-order valence-electron chi connectivity index (χ4n) is 2.07. The number of aliphatic carboxylic acids is 2. The lowest BCUT2D eigenvalue weighted by molar-refractivity contribution is -0.138. The molecule has 0 aromatic rings. The second kappa shape index (κ2) is 23.9. The van der Waals surface area contributed by atoms with Gasteiger partial charge in [-0.2, -0.15) is 0 Å². The second-order valence-electron chi connectivity index (χ2n) is 7.79. The summed E-state index contributed by atoms with van der Waals surface area (Å²) < 4.78 is 0. The van der Waals surface area contributed by atoms with Gasteiger partial charge >= 0.3 is 11.9 Å². The number of carboxylic acids is 2. The summed E-state index contributed by atoms with van der Waals surface area (Å²) in [6.45, 7) is 8.04. The fraction of sp³-hybridized carbons (Fsp3) is 0.905. The molecule has 0 aromatic carbocycles. The van der Waals surface area contributed by atoms with E-state index in [4.69, 9.17) is 25.5 Å². The van der Waals surface area contributed by atoms with E-state index in [-0.39, 0.29) is 13.2 Å². The number of aliphatic hydroxyl groups excluding tert-OH is 3. The third kappa shape index (κ3) is 39.8. The summed E-state index contributed by atoms with van der Waals surface area (Å²) in [7, 11) is 0. The van der Waals surface area contributed by atoms with Gasteiger partial charge in [-0.25, -0.2) is 0 Å². The molecule has 0 heterocycles. The SMILES string of the molecule is CC(C)CCCCCC(=O)O.CC(C)CCCCCC(=O)O.OCC(O)CO. The molecule has 7 heteroatoms. The molecule has 0 unspecified atom stereocenters. The van der Waals surface area contributed by atoms with Gasteiger partial charge in [0.1, 0.15) is 6.10 Å². The fourth-order valence-corrected chi connectivity index (χ4v) is 2.07. The Labute approximate surface area is 170 Å². The normalized spacial score (nSPS) is 10.4. The minimum atomic E-state index is -0.954. The lowest BCUT2D eigenvalue weighted by Crippen LogP contribution is -2.15. The molecule has 0 fully saturated rings. The lowest BCUT2D eigenvalue weighted by Gasteiger charge is -2.02. The molecule has 0 saturated heterocycles. The Hall–Kier alpha value is -1.18. The van der Waals surface area contributed by atoms with Crippen molar-refractivity contribution in [3.63, 3.8) is 0 Å². The standard InChI is InChI=1S/2C9H18O2.C3H8O3/c2*1-8(2)6-4-3-5-7-9(10)11;4-1-3(6)2-5/h2*8H,3-7H2,1-2H3,(H,10,11);3-6H,1-2H2. The van der Waals surface area contributed by atoms with E-state index in [1.165, 1.54) is 25.7 Å². The van der Waals surface area contributed by atoms with Gasteiger partial charge in [0.05, 0.1) is 13.2 Å². The summed E-state index contributed by atoms with van der Waals surface area (Å²) in [4.78, 5) is 20.2. The van der Waals surface area contributed by atoms with Crippen LogP contribution < -0.4 is 0 Å². The summed E-state index contributed by atoms with van der Waals surface area (Å²) in [5, 5.41) is 40.7. The van der Waals surface area contributed by atoms with Gasteiger partial charge < -0.3 is 25.5 Å². The Morgan fingerprint density at radius 2 is 0.964 bits per heavy atom. The molecule has 0 radical (unpaired) electrons. The molecule has 0 spiro atoms. The predicted octanol–water partition coefficient (Wildman–Crippen LogP) is 3.69. The zero-order chi connectivity index (χ0) is 22.4. The number of carbonyl (C=O) groups is 2. The highest BCUT2D eigenvalue weighted by atomic mass is 16.4. The van der Waals surface area contributed by atoms with Crippen molar-refractivity contribution >= 4 is 11.9 Å². The Kier molecular flexibility index (Phi) is 26.9. The largest absolute Gasteiger partial charge is 0.481 e. The van der Waals surface area contributed by atoms with Gasteiger partial charge in [0.2, 0.25) is 0 Å². The molecule has 0 rings (SSSR count). The molecule has 170 valence electrons. The van der Waals surface area contributed by atoms with E-state index in [0.29, 0.717) is 12.8 Å². The summed E-state index contributed by atoms with van der Waals surface area (Å²) in [5.41, 5.74) is 0. The number of hydrogen-bond donors (Lipinski definition) is 5. The molecular formula is C21H44O7. The minimum absolute atomic E-state index is 0.331. The molecule has 0 aliphatic carbocycles. The molecule has 0 amide bonds. The van der Waals surface area contributed by atoms with Crippen molar-refractivity contribution in [2.75, 3.05) is 13.2 Å². The van der Waals surface area contributed by atoms with E-state index < -0.39 is 18.0 Å². The Balaban J connectivity index is -0.000000351. The van der Waals surface area contributed by atoms with Crippen LogP contribution in [0, 0.1) is 11.8 Å². The first-order valence-electron chi connectivity index (χ1n) is 10.4. The van der Waals surface area contributed by atoms with Crippen molar-refractivity contribution in [2.45, 2.75) is 98.0 Å². The van der Waals surface area contributed by atoms with Crippen LogP contribution in [0.3, 0.4) is 0 Å². The zero-order valence-electron chi connectivity index (χ0n) is 18.3. The molecule has 7 nitrogen and oxygen atoms in total. The van der Waals surface area contributed by atoms with Crippen LogP contribution in [0.5, 0.6) is 0 Å². The highest BCUT2D eigenvalue weighted by molar-refractivity contribution is 5.66. The van der Waals surface area contributed by atoms with Crippen LogP contribution in [0.15, 0.2) is 0 Å². The van der Waals surface area contributed by atoms with Crippen molar-refractivity contribution in [2.24, 2.45) is 11.8 Å². The maximum Gasteiger partial charge on any atom is 0.303 e. The average Bonchev–Trinajstić information content (AvgIpc) is 2.60. The zero-order valence-corrected chi connectivity index (χ0v) is 18.3. The third-order valence-corrected chi connectivity index (χ3v) is 3.77. The van der Waals surface area contributed by atoms with E-state index in [9.17, 15) is 9.59 Å². The maximum atomic E-state index is 10.1. The Morgan fingerprint density at radius 1 is 0.643 bits per heavy atom. The lowest BCUT2D eigenvalue weighted by atomic mass is 10.0. The summed E-state index contributed by atoms with van der Waals surface area (Å²) in [6.07, 6.45) is 8.29. The first-order valence-corrected chi connectivity index (χ1v) is 10.4. The van der Waals surface area contributed by atoms with Crippen molar-refractivity contribution < 1.29 is 35.1 Å². The maximum absolute atomic E-state index is 10.1. The first-order chi connectivity index (χ1) is 13.1. The highest BCUT2D eigenvalue weighted by Crippen LogP contribution is 2.09. The molecule has 5 N–H and O–H groups in total. The van der Waals surface area contributed by atoms with Crippen LogP contribution in [-0.4, -0.2) is 56.8 Å². The molecule has 0 bridgehead atoms. The molecular weight excluding hydrogens is 364 g/mol. The molecule has 0 aliphatic heterocycles. The van der Waals surface area contributed by atoms with Gasteiger partial charge in [-0.05, 0) is 24.7 Å². The smallest absolute Gasteiger partial charge is 0.303 e. The van der Waals surface area contributed by atoms with Crippen molar-refractivity contribution in [1.82, 2.24) is 0 Å². The van der Waals surface area contributed by atoms with E-state index in [0.717, 1.165) is 37.5 Å². The van der Waals surface area contributed by atoms with E-state index in [2.05, 4.69) is 27.7 Å². The van der Waals surface area contributed by atoms with Crippen LogP contribution in [0.2, 0.25) is 0 Å². The quantitative estimate of drug-likeness (QED) is 0.277. The number of carboxylic acid groups (broad SMARTS) is 2. The van der Waals surface area contributed by atoms with E-state index in [1.807, 2.05) is 0 Å². The molecule has 0 aromatic heterocycles. The number of aliphatic hydroxyl groups is 3. The van der Waals surface area contributed by atoms with Gasteiger partial charge in [0.25, 0.3) is 0 Å². The summed E-state index contributed by atoms with van der Waals surface area (Å²) >= 11 is 0. The van der Waals surface area contributed by atoms with Crippen LogP contribution in [-0.2, 0) is 9.59 Å². The molecule has 0 aliphatic rings. The van der Waals surface area contributed by atoms with Gasteiger partial charge in [0, 0.05) is 12.8 Å². The van der Waals surface area contributed by atoms with E-state index in [1.54, 1.807) is 0 Å². The average molecular weight is 409 g/mol. The van der Waals surface area contributed by atoms with Gasteiger partial charge in [0.15, 0.2) is 0 Å². The number of unbranched alkanes of at least 4 members (excludes halogenated alkanes) is 4. The van der Waals surface area contributed by atoms with Gasteiger partial charge in [-0.1, -0.05) is 66.2 Å². The topological polar surface area (TPSA) is 135 Å². The van der Waals surface area contributed by atoms with Crippen molar-refractivity contribution in [1.29, 1.82) is 0 Å². The first kappa shape index (κ1) is 31.5. The Morgan fingerprint density at radius 3 is 1.14 bits per heavy atom. The van der Waals surface area contributed by atoms with Crippen LogP contribution in [0.4, 0.5) is 0 Å². The highest BCUT2D eigenvalue weighted by Gasteiger charge is 1.98. The van der Waals surface area contributed by atoms with Gasteiger partial charge in [-0.3, -0.25) is 9.59 Å². The summed E-state index contributed by atoms with van der Waals surface area (Å²) in [6, 6.07) is 0. The molecule has 0 saturated carbocycles. The number of rotatable bonds is 14. The second-order valence-corrected chi connectivity index (χ2v) is 7.79. The molecule has 0 atom stereocenters. The minimum Gasteiger partial charge on any atom is -0.481 e. The van der Waals surface area contributed by atoms with Crippen molar-refractivity contribution in [3.05, 3.63) is 0 Å². The van der Waals surface area contributed by atoms with Crippen molar-refractivity contribution in [3.8, 4) is 0 Å².